The minimum Gasteiger partial charge on any atom is -0.444 e. The summed E-state index contributed by atoms with van der Waals surface area (Å²) in [5, 5.41) is 3.06. The van der Waals surface area contributed by atoms with Crippen LogP contribution in [0.1, 0.15) is 43.1 Å². The normalized spacial score (nSPS) is 21.5. The van der Waals surface area contributed by atoms with Crippen LogP contribution in [-0.2, 0) is 0 Å². The Balaban J connectivity index is 1.70. The number of carbonyl (C=O) groups is 1. The molecule has 6 heteroatoms. The first-order valence-electron chi connectivity index (χ1n) is 7.62. The Morgan fingerprint density at radius 1 is 1.36 bits per heavy atom. The molecule has 0 spiro atoms. The number of anilines is 1. The van der Waals surface area contributed by atoms with Crippen LogP contribution in [0.4, 0.5) is 5.82 Å². The third kappa shape index (κ3) is 3.10. The number of carbonyl (C=O) groups excluding carboxylic acids is 1. The van der Waals surface area contributed by atoms with Crippen molar-refractivity contribution in [2.75, 3.05) is 5.73 Å². The summed E-state index contributed by atoms with van der Waals surface area (Å²) in [7, 11) is 0. The van der Waals surface area contributed by atoms with E-state index in [0.29, 0.717) is 28.9 Å². The summed E-state index contributed by atoms with van der Waals surface area (Å²) in [5.41, 5.74) is 6.54. The molecule has 2 atom stereocenters. The standard InChI is InChI=1S/C16H20N4O2/c1-10-4-2-3-5-12(10)19-15(21)13-9-22-16(20-13)11-6-7-14(17)18-8-11/h6-10,12H,2-5H2,1H3,(H2,17,18)(H,19,21). The van der Waals surface area contributed by atoms with Crippen molar-refractivity contribution in [2.24, 2.45) is 5.92 Å². The van der Waals surface area contributed by atoms with E-state index >= 15 is 0 Å². The number of oxazole rings is 1. The molecule has 0 saturated heterocycles. The van der Waals surface area contributed by atoms with Gasteiger partial charge >= 0.3 is 0 Å². The Hall–Kier alpha value is -2.37. The molecule has 22 heavy (non-hydrogen) atoms. The molecule has 2 aromatic heterocycles. The Labute approximate surface area is 129 Å². The molecule has 2 aromatic rings. The van der Waals surface area contributed by atoms with Crippen molar-refractivity contribution >= 4 is 11.7 Å². The molecule has 3 rings (SSSR count). The molecular formula is C16H20N4O2. The van der Waals surface area contributed by atoms with Gasteiger partial charge in [-0.1, -0.05) is 19.8 Å². The second kappa shape index (κ2) is 6.17. The number of nitrogens with one attached hydrogen (secondary N) is 1. The lowest BCUT2D eigenvalue weighted by molar-refractivity contribution is 0.0905. The van der Waals surface area contributed by atoms with E-state index in [-0.39, 0.29) is 11.9 Å². The molecule has 0 aromatic carbocycles. The molecule has 1 saturated carbocycles. The van der Waals surface area contributed by atoms with Crippen LogP contribution >= 0.6 is 0 Å². The highest BCUT2D eigenvalue weighted by atomic mass is 16.3. The number of amides is 1. The lowest BCUT2D eigenvalue weighted by Gasteiger charge is -2.29. The maximum atomic E-state index is 12.3. The zero-order valence-corrected chi connectivity index (χ0v) is 12.6. The maximum Gasteiger partial charge on any atom is 0.273 e. The maximum absolute atomic E-state index is 12.3. The van der Waals surface area contributed by atoms with Crippen molar-refractivity contribution < 1.29 is 9.21 Å². The van der Waals surface area contributed by atoms with E-state index in [4.69, 9.17) is 10.2 Å². The van der Waals surface area contributed by atoms with Gasteiger partial charge in [-0.05, 0) is 30.9 Å². The molecule has 1 fully saturated rings. The highest BCUT2D eigenvalue weighted by molar-refractivity contribution is 5.92. The van der Waals surface area contributed by atoms with Gasteiger partial charge in [0.1, 0.15) is 12.1 Å². The second-order valence-electron chi connectivity index (χ2n) is 5.85. The van der Waals surface area contributed by atoms with Gasteiger partial charge in [0, 0.05) is 12.2 Å². The number of hydrogen-bond donors (Lipinski definition) is 2. The van der Waals surface area contributed by atoms with Crippen molar-refractivity contribution in [3.63, 3.8) is 0 Å². The van der Waals surface area contributed by atoms with Gasteiger partial charge in [-0.2, -0.15) is 0 Å². The monoisotopic (exact) mass is 300 g/mol. The molecule has 0 aliphatic heterocycles. The predicted octanol–water partition coefficient (Wildman–Crippen LogP) is 2.63. The smallest absolute Gasteiger partial charge is 0.273 e. The van der Waals surface area contributed by atoms with Crippen molar-refractivity contribution in [1.29, 1.82) is 0 Å². The van der Waals surface area contributed by atoms with E-state index in [9.17, 15) is 4.79 Å². The number of aromatic nitrogens is 2. The van der Waals surface area contributed by atoms with E-state index in [0.717, 1.165) is 19.3 Å². The summed E-state index contributed by atoms with van der Waals surface area (Å²) in [5.74, 6) is 1.12. The number of rotatable bonds is 3. The van der Waals surface area contributed by atoms with Gasteiger partial charge in [0.25, 0.3) is 5.91 Å². The number of nitrogens with two attached hydrogens (primary N) is 1. The summed E-state index contributed by atoms with van der Waals surface area (Å²) in [6.45, 7) is 2.18. The zero-order chi connectivity index (χ0) is 15.5. The fourth-order valence-electron chi connectivity index (χ4n) is 2.82. The van der Waals surface area contributed by atoms with E-state index in [2.05, 4.69) is 22.2 Å². The van der Waals surface area contributed by atoms with Crippen LogP contribution in [0.15, 0.2) is 29.0 Å². The molecule has 0 radical (unpaired) electrons. The Bertz CT molecular complexity index is 650. The van der Waals surface area contributed by atoms with Crippen LogP contribution in [-0.4, -0.2) is 21.9 Å². The SMILES string of the molecule is CC1CCCCC1NC(=O)c1coc(-c2ccc(N)nc2)n1. The van der Waals surface area contributed by atoms with Crippen molar-refractivity contribution in [3.05, 3.63) is 30.3 Å². The minimum absolute atomic E-state index is 0.183. The molecular weight excluding hydrogens is 280 g/mol. The van der Waals surface area contributed by atoms with Crippen LogP contribution in [0.25, 0.3) is 11.5 Å². The molecule has 116 valence electrons. The summed E-state index contributed by atoms with van der Waals surface area (Å²) in [6.07, 6.45) is 7.55. The Morgan fingerprint density at radius 2 is 2.18 bits per heavy atom. The van der Waals surface area contributed by atoms with Crippen LogP contribution in [0.3, 0.4) is 0 Å². The third-order valence-corrected chi connectivity index (χ3v) is 4.20. The first-order chi connectivity index (χ1) is 10.6. The summed E-state index contributed by atoms with van der Waals surface area (Å²) >= 11 is 0. The van der Waals surface area contributed by atoms with Gasteiger partial charge in [-0.3, -0.25) is 4.79 Å². The number of pyridine rings is 1. The molecule has 0 bridgehead atoms. The third-order valence-electron chi connectivity index (χ3n) is 4.20. The molecule has 2 heterocycles. The average molecular weight is 300 g/mol. The predicted molar refractivity (Wildman–Crippen MR) is 83.0 cm³/mol. The van der Waals surface area contributed by atoms with Gasteiger partial charge in [0.05, 0.1) is 5.56 Å². The van der Waals surface area contributed by atoms with Crippen molar-refractivity contribution in [1.82, 2.24) is 15.3 Å². The van der Waals surface area contributed by atoms with Crippen LogP contribution in [0.2, 0.25) is 0 Å². The summed E-state index contributed by atoms with van der Waals surface area (Å²) in [6, 6.07) is 3.65. The van der Waals surface area contributed by atoms with Crippen LogP contribution < -0.4 is 11.1 Å². The quantitative estimate of drug-likeness (QED) is 0.908. The molecule has 3 N–H and O–H groups in total. The lowest BCUT2D eigenvalue weighted by Crippen LogP contribution is -2.41. The van der Waals surface area contributed by atoms with E-state index < -0.39 is 0 Å². The Morgan fingerprint density at radius 3 is 2.91 bits per heavy atom. The Kier molecular flexibility index (Phi) is 4.09. The fourth-order valence-corrected chi connectivity index (χ4v) is 2.82. The van der Waals surface area contributed by atoms with Crippen LogP contribution in [0, 0.1) is 5.92 Å². The summed E-state index contributed by atoms with van der Waals surface area (Å²) < 4.78 is 5.37. The van der Waals surface area contributed by atoms with Gasteiger partial charge in [0.2, 0.25) is 5.89 Å². The van der Waals surface area contributed by atoms with Crippen LogP contribution in [0.5, 0.6) is 0 Å². The fraction of sp³-hybridized carbons (Fsp3) is 0.438. The molecule has 2 unspecified atom stereocenters. The van der Waals surface area contributed by atoms with Gasteiger partial charge < -0.3 is 15.5 Å². The zero-order valence-electron chi connectivity index (χ0n) is 12.6. The number of nitrogens with zero attached hydrogens (tertiary/aromatic N) is 2. The molecule has 1 amide bonds. The first-order valence-corrected chi connectivity index (χ1v) is 7.62. The van der Waals surface area contributed by atoms with E-state index in [1.807, 2.05) is 0 Å². The highest BCUT2D eigenvalue weighted by Gasteiger charge is 2.24. The second-order valence-corrected chi connectivity index (χ2v) is 5.85. The van der Waals surface area contributed by atoms with Gasteiger partial charge in [-0.15, -0.1) is 0 Å². The topological polar surface area (TPSA) is 94.0 Å². The molecule has 6 nitrogen and oxygen atoms in total. The number of nitrogen functional groups attached to an aromatic ring is 1. The van der Waals surface area contributed by atoms with Gasteiger partial charge in [-0.25, -0.2) is 9.97 Å². The van der Waals surface area contributed by atoms with E-state index in [1.165, 1.54) is 12.7 Å². The molecule has 1 aliphatic rings. The van der Waals surface area contributed by atoms with E-state index in [1.54, 1.807) is 18.3 Å². The van der Waals surface area contributed by atoms with Crippen molar-refractivity contribution in [2.45, 2.75) is 38.6 Å². The molecule has 1 aliphatic carbocycles. The summed E-state index contributed by atoms with van der Waals surface area (Å²) in [4.78, 5) is 20.5. The average Bonchev–Trinajstić information content (AvgIpc) is 3.00. The first kappa shape index (κ1) is 14.6. The van der Waals surface area contributed by atoms with Crippen molar-refractivity contribution in [3.8, 4) is 11.5 Å². The minimum atomic E-state index is -0.183. The highest BCUT2D eigenvalue weighted by Crippen LogP contribution is 2.24. The lowest BCUT2D eigenvalue weighted by atomic mass is 9.86. The van der Waals surface area contributed by atoms with Gasteiger partial charge in [0.15, 0.2) is 5.69 Å². The number of hydrogen-bond acceptors (Lipinski definition) is 5. The largest absolute Gasteiger partial charge is 0.444 e.